The van der Waals surface area contributed by atoms with E-state index in [-0.39, 0.29) is 43.5 Å². The molecule has 7 aromatic rings. The molecule has 0 saturated heterocycles. The number of hydrogen-bond donors (Lipinski definition) is 1. The molecule has 1 radical (unpaired) electrons. The van der Waals surface area contributed by atoms with Crippen LogP contribution in [0.2, 0.25) is 0 Å². The van der Waals surface area contributed by atoms with Crippen molar-refractivity contribution in [3.05, 3.63) is 84.8 Å². The number of fused-ring (bicyclic) bond motifs is 5. The zero-order chi connectivity index (χ0) is 28.7. The molecule has 0 amide bonds. The molecule has 0 aliphatic rings. The number of aliphatic hydroxyl groups is 1. The predicted molar refractivity (Wildman–Crippen MR) is 174 cm³/mol. The fourth-order valence-electron chi connectivity index (χ4n) is 6.15. The first-order valence-electron chi connectivity index (χ1n) is 14.7. The number of allylic oxidation sites excluding steroid dienone is 2. The largest absolute Gasteiger partial charge is 0.512 e. The molecule has 0 aliphatic heterocycles. The molecule has 4 heterocycles. The second-order valence-corrected chi connectivity index (χ2v) is 11.8. The third-order valence-corrected chi connectivity index (χ3v) is 9.67. The molecule has 4 nitrogen and oxygen atoms in total. The Balaban J connectivity index is 0.000000193. The summed E-state index contributed by atoms with van der Waals surface area (Å²) in [5.41, 5.74) is 4.81. The number of aromatic nitrogens is 2. The summed E-state index contributed by atoms with van der Waals surface area (Å²) in [6, 6.07) is 25.3. The smallest absolute Gasteiger partial charge is 0.162 e. The first-order chi connectivity index (χ1) is 20.0. The summed E-state index contributed by atoms with van der Waals surface area (Å²) in [4.78, 5) is 16.5. The third-order valence-electron chi connectivity index (χ3n) is 8.51. The summed E-state index contributed by atoms with van der Waals surface area (Å²) in [7, 11) is 0. The zero-order valence-electron chi connectivity index (χ0n) is 24.4. The Morgan fingerprint density at radius 2 is 1.64 bits per heavy atom. The van der Waals surface area contributed by atoms with Crippen LogP contribution in [0.1, 0.15) is 53.4 Å². The molecule has 0 spiro atoms. The third kappa shape index (κ3) is 5.00. The molecule has 0 atom stereocenters. The average Bonchev–Trinajstić information content (AvgIpc) is 3.40. The summed E-state index contributed by atoms with van der Waals surface area (Å²) >= 11 is 1.87. The molecule has 0 bridgehead atoms. The molecular weight excluding hydrogens is 717 g/mol. The number of para-hydroxylation sites is 1. The molecule has 0 fully saturated rings. The van der Waals surface area contributed by atoms with Gasteiger partial charge in [0.1, 0.15) is 0 Å². The van der Waals surface area contributed by atoms with E-state index >= 15 is 0 Å². The Morgan fingerprint density at radius 1 is 0.929 bits per heavy atom. The predicted octanol–water partition coefficient (Wildman–Crippen LogP) is 10.3. The van der Waals surface area contributed by atoms with Crippen molar-refractivity contribution in [1.82, 2.24) is 9.38 Å². The van der Waals surface area contributed by atoms with E-state index < -0.39 is 0 Å². The minimum absolute atomic E-state index is 0. The van der Waals surface area contributed by atoms with Gasteiger partial charge in [-0.25, -0.2) is 0 Å². The first kappa shape index (κ1) is 30.2. The molecule has 42 heavy (non-hydrogen) atoms. The molecule has 6 heteroatoms. The van der Waals surface area contributed by atoms with Crippen LogP contribution >= 0.6 is 11.3 Å². The van der Waals surface area contributed by atoms with Crippen molar-refractivity contribution >= 4 is 75.5 Å². The van der Waals surface area contributed by atoms with Gasteiger partial charge in [-0.1, -0.05) is 74.9 Å². The quantitative estimate of drug-likeness (QED) is 0.0580. The van der Waals surface area contributed by atoms with Gasteiger partial charge in [0.15, 0.2) is 5.78 Å². The number of carbonyl (C=O) groups is 1. The van der Waals surface area contributed by atoms with Gasteiger partial charge >= 0.3 is 0 Å². The number of benzene rings is 3. The van der Waals surface area contributed by atoms with Gasteiger partial charge in [0, 0.05) is 66.2 Å². The second-order valence-electron chi connectivity index (χ2n) is 10.8. The standard InChI is InChI=1S/C23H11N2S.C13H24O2.Ir/c1-2-7-15-13(5-1)11-17-20-16(8-4-10-24-20)18-12-14-6-3-9-19-21(14)25(18)22(17)23(15)26-19;1-5-10(6-2)12(14)9-13(15)11(7-3)8-4;/h1-10,12H;9-11,14H,5-8H2,1-4H3;/q-1;;/b;12-9-;. The number of hydrogen-bond acceptors (Lipinski definition) is 4. The van der Waals surface area contributed by atoms with E-state index in [1.54, 1.807) is 0 Å². The maximum absolute atomic E-state index is 11.7. The van der Waals surface area contributed by atoms with Gasteiger partial charge in [-0.15, -0.1) is 28.9 Å². The maximum Gasteiger partial charge on any atom is 0.162 e. The summed E-state index contributed by atoms with van der Waals surface area (Å²) in [5, 5.41) is 15.8. The Morgan fingerprint density at radius 3 is 2.38 bits per heavy atom. The minimum atomic E-state index is 0. The fourth-order valence-corrected chi connectivity index (χ4v) is 7.40. The van der Waals surface area contributed by atoms with Crippen LogP contribution in [0.25, 0.3) is 58.4 Å². The van der Waals surface area contributed by atoms with Gasteiger partial charge in [0.2, 0.25) is 0 Å². The van der Waals surface area contributed by atoms with Crippen molar-refractivity contribution in [1.29, 1.82) is 0 Å². The van der Waals surface area contributed by atoms with Crippen molar-refractivity contribution in [3.63, 3.8) is 0 Å². The molecule has 0 unspecified atom stereocenters. The van der Waals surface area contributed by atoms with E-state index in [2.05, 4.69) is 65.1 Å². The van der Waals surface area contributed by atoms with Gasteiger partial charge in [0.05, 0.1) is 16.0 Å². The van der Waals surface area contributed by atoms with Gasteiger partial charge in [-0.05, 0) is 54.0 Å². The average molecular weight is 752 g/mol. The minimum Gasteiger partial charge on any atom is -0.512 e. The Bertz CT molecular complexity index is 2040. The number of pyridine rings is 2. The Hall–Kier alpha value is -3.31. The normalized spacial score (nSPS) is 12.3. The van der Waals surface area contributed by atoms with Crippen molar-refractivity contribution in [2.24, 2.45) is 11.8 Å². The van der Waals surface area contributed by atoms with Crippen LogP contribution in [0.4, 0.5) is 0 Å². The van der Waals surface area contributed by atoms with Gasteiger partial charge in [-0.2, -0.15) is 0 Å². The summed E-state index contributed by atoms with van der Waals surface area (Å²) in [6.45, 7) is 8.07. The molecule has 3 aromatic carbocycles. The molecular formula is C36H35IrN2O2S-. The van der Waals surface area contributed by atoms with E-state index in [1.807, 2.05) is 51.3 Å². The zero-order valence-corrected chi connectivity index (χ0v) is 27.6. The van der Waals surface area contributed by atoms with Crippen molar-refractivity contribution in [3.8, 4) is 0 Å². The van der Waals surface area contributed by atoms with Crippen molar-refractivity contribution in [2.75, 3.05) is 0 Å². The number of carbonyl (C=O) groups excluding carboxylic acids is 1. The van der Waals surface area contributed by atoms with Gasteiger partial charge in [0.25, 0.3) is 0 Å². The topological polar surface area (TPSA) is 54.6 Å². The van der Waals surface area contributed by atoms with Crippen LogP contribution in [0, 0.1) is 17.9 Å². The fraction of sp³-hybridized carbons (Fsp3) is 0.278. The maximum atomic E-state index is 11.7. The van der Waals surface area contributed by atoms with Crippen molar-refractivity contribution in [2.45, 2.75) is 53.4 Å². The van der Waals surface area contributed by atoms with Crippen LogP contribution in [0.15, 0.2) is 78.7 Å². The van der Waals surface area contributed by atoms with E-state index in [1.165, 1.54) is 48.2 Å². The SMILES string of the molecule is CCC(CC)C(=O)/C=C(\O)C(CC)CC.[Ir].[c-]1c2ccccc2c2sc3cccc4cc5c6cccnc6c1c2n5c43. The van der Waals surface area contributed by atoms with Crippen LogP contribution in [0.3, 0.4) is 0 Å². The van der Waals surface area contributed by atoms with Crippen LogP contribution < -0.4 is 0 Å². The second kappa shape index (κ2) is 12.5. The molecule has 1 N–H and O–H groups in total. The van der Waals surface area contributed by atoms with Gasteiger partial charge < -0.3 is 9.51 Å². The molecule has 4 aromatic heterocycles. The summed E-state index contributed by atoms with van der Waals surface area (Å²) < 4.78 is 5.05. The monoisotopic (exact) mass is 752 g/mol. The summed E-state index contributed by atoms with van der Waals surface area (Å²) in [6.07, 6.45) is 6.79. The molecule has 0 saturated carbocycles. The Labute approximate surface area is 263 Å². The molecule has 217 valence electrons. The van der Waals surface area contributed by atoms with Gasteiger partial charge in [-0.3, -0.25) is 9.78 Å². The van der Waals surface area contributed by atoms with Crippen molar-refractivity contribution < 1.29 is 30.0 Å². The number of nitrogens with zero attached hydrogens (tertiary/aromatic N) is 2. The van der Waals surface area contributed by atoms with E-state index in [0.29, 0.717) is 0 Å². The first-order valence-corrected chi connectivity index (χ1v) is 15.5. The number of ketones is 1. The van der Waals surface area contributed by atoms with E-state index in [4.69, 9.17) is 4.98 Å². The molecule has 0 aliphatic carbocycles. The molecule has 7 rings (SSSR count). The van der Waals surface area contributed by atoms with Crippen LogP contribution in [0.5, 0.6) is 0 Å². The number of aliphatic hydroxyl groups excluding tert-OH is 1. The Kier molecular flexibility index (Phi) is 8.98. The van der Waals surface area contributed by atoms with Crippen LogP contribution in [-0.4, -0.2) is 20.3 Å². The van der Waals surface area contributed by atoms with E-state index in [9.17, 15) is 9.90 Å². The van der Waals surface area contributed by atoms with Crippen LogP contribution in [-0.2, 0) is 24.9 Å². The summed E-state index contributed by atoms with van der Waals surface area (Å²) in [5.74, 6) is 0.547. The van der Waals surface area contributed by atoms with E-state index in [0.717, 1.165) is 42.0 Å². The number of rotatable bonds is 7.